The van der Waals surface area contributed by atoms with Crippen LogP contribution in [0.1, 0.15) is 30.1 Å². The standard InChI is InChI=1S/C17H24FN3O3/c1-2-24-17(23)21-11-7-13(8-12-21)19-9-10-20-16(22)14-5-3-4-6-15(14)18/h3-6,13,19H,2,7-12H2,1H3,(H,20,22). The Morgan fingerprint density at radius 3 is 2.62 bits per heavy atom. The quantitative estimate of drug-likeness (QED) is 0.776. The molecule has 0 unspecified atom stereocenters. The lowest BCUT2D eigenvalue weighted by molar-refractivity contribution is 0.0928. The van der Waals surface area contributed by atoms with Crippen molar-refractivity contribution in [3.8, 4) is 0 Å². The normalized spacial score (nSPS) is 15.2. The Morgan fingerprint density at radius 2 is 1.96 bits per heavy atom. The van der Waals surface area contributed by atoms with Crippen LogP contribution in [0, 0.1) is 5.82 Å². The van der Waals surface area contributed by atoms with Crippen molar-refractivity contribution in [3.05, 3.63) is 35.6 Å². The van der Waals surface area contributed by atoms with Crippen molar-refractivity contribution in [2.75, 3.05) is 32.8 Å². The highest BCUT2D eigenvalue weighted by Gasteiger charge is 2.23. The van der Waals surface area contributed by atoms with Crippen molar-refractivity contribution >= 4 is 12.0 Å². The summed E-state index contributed by atoms with van der Waals surface area (Å²) in [6, 6.07) is 6.22. The van der Waals surface area contributed by atoms with Gasteiger partial charge in [-0.2, -0.15) is 0 Å². The maximum Gasteiger partial charge on any atom is 0.409 e. The zero-order valence-electron chi connectivity index (χ0n) is 13.9. The minimum atomic E-state index is -0.519. The van der Waals surface area contributed by atoms with Crippen molar-refractivity contribution in [3.63, 3.8) is 0 Å². The molecule has 2 N–H and O–H groups in total. The second-order valence-electron chi connectivity index (χ2n) is 5.65. The smallest absolute Gasteiger partial charge is 0.409 e. The molecule has 1 aliphatic rings. The fourth-order valence-corrected chi connectivity index (χ4v) is 2.67. The Kier molecular flexibility index (Phi) is 6.99. The summed E-state index contributed by atoms with van der Waals surface area (Å²) >= 11 is 0. The number of rotatable bonds is 6. The van der Waals surface area contributed by atoms with Gasteiger partial charge in [0, 0.05) is 32.2 Å². The fourth-order valence-electron chi connectivity index (χ4n) is 2.67. The molecule has 0 saturated carbocycles. The monoisotopic (exact) mass is 337 g/mol. The molecule has 2 amide bonds. The molecule has 0 atom stereocenters. The third kappa shape index (κ3) is 5.19. The van der Waals surface area contributed by atoms with E-state index in [1.807, 2.05) is 0 Å². The number of halogens is 1. The SMILES string of the molecule is CCOC(=O)N1CCC(NCCNC(=O)c2ccccc2F)CC1. The van der Waals surface area contributed by atoms with Gasteiger partial charge in [-0.25, -0.2) is 9.18 Å². The lowest BCUT2D eigenvalue weighted by Gasteiger charge is -2.31. The number of hydrogen-bond donors (Lipinski definition) is 2. The average molecular weight is 337 g/mol. The van der Waals surface area contributed by atoms with Crippen LogP contribution >= 0.6 is 0 Å². The Labute approximate surface area is 141 Å². The summed E-state index contributed by atoms with van der Waals surface area (Å²) in [5.74, 6) is -0.929. The maximum absolute atomic E-state index is 13.5. The molecular weight excluding hydrogens is 313 g/mol. The van der Waals surface area contributed by atoms with Gasteiger partial charge in [0.15, 0.2) is 0 Å². The summed E-state index contributed by atoms with van der Waals surface area (Å²) in [5, 5.41) is 6.04. The van der Waals surface area contributed by atoms with Crippen LogP contribution in [-0.4, -0.2) is 55.7 Å². The van der Waals surface area contributed by atoms with E-state index in [0.717, 1.165) is 12.8 Å². The highest BCUT2D eigenvalue weighted by Crippen LogP contribution is 2.11. The number of nitrogens with one attached hydrogen (secondary N) is 2. The van der Waals surface area contributed by atoms with Crippen LogP contribution < -0.4 is 10.6 Å². The van der Waals surface area contributed by atoms with E-state index in [4.69, 9.17) is 4.74 Å². The van der Waals surface area contributed by atoms with Crippen LogP contribution in [0.4, 0.5) is 9.18 Å². The number of carbonyl (C=O) groups is 2. The van der Waals surface area contributed by atoms with Crippen LogP contribution in [0.25, 0.3) is 0 Å². The molecule has 1 fully saturated rings. The van der Waals surface area contributed by atoms with Gasteiger partial charge in [-0.3, -0.25) is 4.79 Å². The average Bonchev–Trinajstić information content (AvgIpc) is 2.59. The largest absolute Gasteiger partial charge is 0.450 e. The summed E-state index contributed by atoms with van der Waals surface area (Å²) in [6.45, 7) is 4.53. The van der Waals surface area contributed by atoms with Crippen molar-refractivity contribution in [2.45, 2.75) is 25.8 Å². The van der Waals surface area contributed by atoms with E-state index in [2.05, 4.69) is 10.6 Å². The minimum Gasteiger partial charge on any atom is -0.450 e. The van der Waals surface area contributed by atoms with E-state index in [9.17, 15) is 14.0 Å². The Morgan fingerprint density at radius 1 is 1.25 bits per heavy atom. The van der Waals surface area contributed by atoms with Gasteiger partial charge < -0.3 is 20.3 Å². The molecule has 1 aliphatic heterocycles. The zero-order chi connectivity index (χ0) is 17.4. The number of likely N-dealkylation sites (tertiary alicyclic amines) is 1. The lowest BCUT2D eigenvalue weighted by atomic mass is 10.1. The molecule has 0 bridgehead atoms. The highest BCUT2D eigenvalue weighted by molar-refractivity contribution is 5.94. The molecule has 2 rings (SSSR count). The second-order valence-corrected chi connectivity index (χ2v) is 5.65. The molecule has 24 heavy (non-hydrogen) atoms. The molecule has 0 spiro atoms. The van der Waals surface area contributed by atoms with Gasteiger partial charge in [-0.15, -0.1) is 0 Å². The Bertz CT molecular complexity index is 560. The molecule has 1 aromatic rings. The first-order valence-corrected chi connectivity index (χ1v) is 8.29. The van der Waals surface area contributed by atoms with Crippen LogP contribution in [0.5, 0.6) is 0 Å². The van der Waals surface area contributed by atoms with E-state index in [-0.39, 0.29) is 11.7 Å². The summed E-state index contributed by atoms with van der Waals surface area (Å²) in [4.78, 5) is 25.2. The molecule has 0 aromatic heterocycles. The first kappa shape index (κ1) is 18.2. The maximum atomic E-state index is 13.5. The van der Waals surface area contributed by atoms with Gasteiger partial charge in [0.1, 0.15) is 5.82 Å². The topological polar surface area (TPSA) is 70.7 Å². The van der Waals surface area contributed by atoms with Crippen molar-refractivity contribution in [1.29, 1.82) is 0 Å². The van der Waals surface area contributed by atoms with Gasteiger partial charge in [0.2, 0.25) is 0 Å². The summed E-state index contributed by atoms with van der Waals surface area (Å²) in [6.07, 6.45) is 1.44. The number of hydrogen-bond acceptors (Lipinski definition) is 4. The van der Waals surface area contributed by atoms with E-state index < -0.39 is 11.7 Å². The van der Waals surface area contributed by atoms with Gasteiger partial charge in [-0.1, -0.05) is 12.1 Å². The second kappa shape index (κ2) is 9.22. The van der Waals surface area contributed by atoms with Crippen molar-refractivity contribution < 1.29 is 18.7 Å². The predicted molar refractivity (Wildman–Crippen MR) is 88.4 cm³/mol. The summed E-state index contributed by atoms with van der Waals surface area (Å²) in [7, 11) is 0. The van der Waals surface area contributed by atoms with E-state index in [1.165, 1.54) is 12.1 Å². The van der Waals surface area contributed by atoms with Crippen LogP contribution in [0.15, 0.2) is 24.3 Å². The third-order valence-corrected chi connectivity index (χ3v) is 3.98. The Hall–Kier alpha value is -2.15. The van der Waals surface area contributed by atoms with E-state index in [1.54, 1.807) is 24.0 Å². The van der Waals surface area contributed by atoms with Crippen molar-refractivity contribution in [2.24, 2.45) is 0 Å². The van der Waals surface area contributed by atoms with Gasteiger partial charge in [0.25, 0.3) is 5.91 Å². The van der Waals surface area contributed by atoms with Gasteiger partial charge in [0.05, 0.1) is 12.2 Å². The van der Waals surface area contributed by atoms with E-state index >= 15 is 0 Å². The third-order valence-electron chi connectivity index (χ3n) is 3.98. The summed E-state index contributed by atoms with van der Waals surface area (Å²) < 4.78 is 18.5. The Balaban J connectivity index is 1.63. The number of benzene rings is 1. The number of carbonyl (C=O) groups excluding carboxylic acids is 2. The first-order chi connectivity index (χ1) is 11.6. The molecule has 1 heterocycles. The van der Waals surface area contributed by atoms with E-state index in [0.29, 0.717) is 38.8 Å². The van der Waals surface area contributed by atoms with Crippen molar-refractivity contribution in [1.82, 2.24) is 15.5 Å². The lowest BCUT2D eigenvalue weighted by Crippen LogP contribution is -2.46. The van der Waals surface area contributed by atoms with Crippen LogP contribution in [0.3, 0.4) is 0 Å². The first-order valence-electron chi connectivity index (χ1n) is 8.29. The summed E-state index contributed by atoms with van der Waals surface area (Å²) in [5.41, 5.74) is 0.0558. The molecule has 0 radical (unpaired) electrons. The molecule has 6 nitrogen and oxygen atoms in total. The fraction of sp³-hybridized carbons (Fsp3) is 0.529. The molecule has 7 heteroatoms. The molecule has 1 saturated heterocycles. The van der Waals surface area contributed by atoms with Crippen LogP contribution in [-0.2, 0) is 4.74 Å². The molecular formula is C17H24FN3O3. The highest BCUT2D eigenvalue weighted by atomic mass is 19.1. The van der Waals surface area contributed by atoms with Crippen LogP contribution in [0.2, 0.25) is 0 Å². The molecule has 1 aromatic carbocycles. The van der Waals surface area contributed by atoms with Gasteiger partial charge >= 0.3 is 6.09 Å². The predicted octanol–water partition coefficient (Wildman–Crippen LogP) is 1.77. The van der Waals surface area contributed by atoms with Gasteiger partial charge in [-0.05, 0) is 31.9 Å². The number of nitrogens with zero attached hydrogens (tertiary/aromatic N) is 1. The molecule has 0 aliphatic carbocycles. The number of amides is 2. The zero-order valence-corrected chi connectivity index (χ0v) is 13.9. The number of ether oxygens (including phenoxy) is 1. The molecule has 132 valence electrons. The number of piperidine rings is 1. The minimum absolute atomic E-state index is 0.0558.